The summed E-state index contributed by atoms with van der Waals surface area (Å²) in [5, 5.41) is 3.41. The molecular formula is C23H26ClN3O2. The number of carbonyl (C=O) groups excluding carboxylic acids is 1. The lowest BCUT2D eigenvalue weighted by Gasteiger charge is -2.36. The molecular weight excluding hydrogens is 386 g/mol. The molecule has 1 aliphatic heterocycles. The molecule has 1 saturated heterocycles. The normalized spacial score (nSPS) is 16.3. The third-order valence-electron chi connectivity index (χ3n) is 5.24. The Hall–Kier alpha value is -2.63. The quantitative estimate of drug-likeness (QED) is 0.688. The summed E-state index contributed by atoms with van der Waals surface area (Å²) in [6.45, 7) is 4.42. The van der Waals surface area contributed by atoms with E-state index in [1.807, 2.05) is 35.2 Å². The predicted octanol–water partition coefficient (Wildman–Crippen LogP) is 4.04. The number of nitrogens with zero attached hydrogens (tertiary/aromatic N) is 2. The molecule has 29 heavy (non-hydrogen) atoms. The summed E-state index contributed by atoms with van der Waals surface area (Å²) in [4.78, 5) is 19.5. The number of piperazine rings is 1. The van der Waals surface area contributed by atoms with Gasteiger partial charge in [0.15, 0.2) is 0 Å². The van der Waals surface area contributed by atoms with E-state index in [1.54, 1.807) is 6.26 Å². The van der Waals surface area contributed by atoms with Crippen LogP contribution in [0.2, 0.25) is 0 Å². The number of aryl methyl sites for hydroxylation is 1. The lowest BCUT2D eigenvalue weighted by molar-refractivity contribution is -0.133. The van der Waals surface area contributed by atoms with E-state index in [2.05, 4.69) is 41.5 Å². The van der Waals surface area contributed by atoms with Gasteiger partial charge in [0.1, 0.15) is 6.26 Å². The number of aromatic nitrogens is 1. The number of carbonyl (C=O) groups is 1. The monoisotopic (exact) mass is 411 g/mol. The van der Waals surface area contributed by atoms with Gasteiger partial charge >= 0.3 is 0 Å². The Labute approximate surface area is 177 Å². The van der Waals surface area contributed by atoms with Crippen molar-refractivity contribution >= 4 is 18.3 Å². The Balaban J connectivity index is 0.00000240. The van der Waals surface area contributed by atoms with Crippen molar-refractivity contribution in [3.8, 4) is 11.5 Å². The van der Waals surface area contributed by atoms with Crippen molar-refractivity contribution in [1.29, 1.82) is 0 Å². The first-order chi connectivity index (χ1) is 13.7. The molecule has 152 valence electrons. The SMILES string of the molecule is CCc1ccc(C2CNCCN2C(=O)Cc2coc(-c3ccccc3)n2)cc1.Cl. The number of halogens is 1. The van der Waals surface area contributed by atoms with Gasteiger partial charge in [-0.15, -0.1) is 12.4 Å². The standard InChI is InChI=1S/C23H25N3O2.ClH/c1-2-17-8-10-18(11-9-17)21-15-24-12-13-26(21)22(27)14-20-16-28-23(25-20)19-6-4-3-5-7-19;/h3-11,16,21,24H,2,12-15H2,1H3;1H. The summed E-state index contributed by atoms with van der Waals surface area (Å²) < 4.78 is 5.58. The van der Waals surface area contributed by atoms with Crippen molar-refractivity contribution in [2.45, 2.75) is 25.8 Å². The van der Waals surface area contributed by atoms with Crippen LogP contribution in [0.15, 0.2) is 65.3 Å². The molecule has 6 heteroatoms. The number of benzene rings is 2. The molecule has 0 bridgehead atoms. The highest BCUT2D eigenvalue weighted by Gasteiger charge is 2.28. The van der Waals surface area contributed by atoms with Gasteiger partial charge in [0.25, 0.3) is 0 Å². The summed E-state index contributed by atoms with van der Waals surface area (Å²) in [6.07, 6.45) is 2.86. The van der Waals surface area contributed by atoms with Crippen LogP contribution in [0.25, 0.3) is 11.5 Å². The fraction of sp³-hybridized carbons (Fsp3) is 0.304. The lowest BCUT2D eigenvalue weighted by Crippen LogP contribution is -2.49. The van der Waals surface area contributed by atoms with Gasteiger partial charge in [0.05, 0.1) is 18.2 Å². The first kappa shape index (κ1) is 21.1. The molecule has 0 aliphatic carbocycles. The smallest absolute Gasteiger partial charge is 0.229 e. The molecule has 2 aromatic carbocycles. The molecule has 1 amide bonds. The summed E-state index contributed by atoms with van der Waals surface area (Å²) in [6, 6.07) is 18.4. The maximum Gasteiger partial charge on any atom is 0.229 e. The number of oxazole rings is 1. The van der Waals surface area contributed by atoms with E-state index in [-0.39, 0.29) is 30.8 Å². The first-order valence-electron chi connectivity index (χ1n) is 9.83. The van der Waals surface area contributed by atoms with Gasteiger partial charge in [-0.05, 0) is 29.7 Å². The molecule has 1 atom stereocenters. The number of nitrogens with one attached hydrogen (secondary N) is 1. The Morgan fingerprint density at radius 3 is 2.66 bits per heavy atom. The van der Waals surface area contributed by atoms with E-state index >= 15 is 0 Å². The van der Waals surface area contributed by atoms with E-state index < -0.39 is 0 Å². The van der Waals surface area contributed by atoms with Gasteiger partial charge in [0.2, 0.25) is 11.8 Å². The van der Waals surface area contributed by atoms with Gasteiger partial charge in [-0.25, -0.2) is 4.98 Å². The number of hydrogen-bond acceptors (Lipinski definition) is 4. The molecule has 0 radical (unpaired) electrons. The van der Waals surface area contributed by atoms with Crippen LogP contribution in [0.5, 0.6) is 0 Å². The van der Waals surface area contributed by atoms with Crippen molar-refractivity contribution in [2.24, 2.45) is 0 Å². The van der Waals surface area contributed by atoms with Crippen molar-refractivity contribution < 1.29 is 9.21 Å². The fourth-order valence-electron chi connectivity index (χ4n) is 3.63. The molecule has 1 aliphatic rings. The zero-order chi connectivity index (χ0) is 19.3. The average molecular weight is 412 g/mol. The van der Waals surface area contributed by atoms with Crippen LogP contribution in [0, 0.1) is 0 Å². The minimum absolute atomic E-state index is 0. The van der Waals surface area contributed by atoms with Crippen molar-refractivity contribution in [3.63, 3.8) is 0 Å². The molecule has 0 saturated carbocycles. The minimum atomic E-state index is 0. The van der Waals surface area contributed by atoms with Crippen LogP contribution in [0.4, 0.5) is 0 Å². The van der Waals surface area contributed by atoms with Crippen molar-refractivity contribution in [2.75, 3.05) is 19.6 Å². The van der Waals surface area contributed by atoms with Gasteiger partial charge in [0, 0.05) is 25.2 Å². The van der Waals surface area contributed by atoms with E-state index in [1.165, 1.54) is 11.1 Å². The number of rotatable bonds is 5. The molecule has 0 spiro atoms. The molecule has 1 unspecified atom stereocenters. The van der Waals surface area contributed by atoms with Crippen LogP contribution >= 0.6 is 12.4 Å². The second-order valence-electron chi connectivity index (χ2n) is 7.09. The molecule has 3 aromatic rings. The van der Waals surface area contributed by atoms with Crippen molar-refractivity contribution in [1.82, 2.24) is 15.2 Å². The molecule has 1 aromatic heterocycles. The van der Waals surface area contributed by atoms with Gasteiger partial charge in [-0.1, -0.05) is 49.4 Å². The third kappa shape index (κ3) is 4.86. The lowest BCUT2D eigenvalue weighted by atomic mass is 10.0. The molecule has 4 rings (SSSR count). The van der Waals surface area contributed by atoms with Gasteiger partial charge in [-0.3, -0.25) is 4.79 Å². The van der Waals surface area contributed by atoms with Crippen molar-refractivity contribution in [3.05, 3.63) is 77.7 Å². The molecule has 1 N–H and O–H groups in total. The zero-order valence-corrected chi connectivity index (χ0v) is 17.3. The fourth-order valence-corrected chi connectivity index (χ4v) is 3.63. The van der Waals surface area contributed by atoms with Crippen LogP contribution < -0.4 is 5.32 Å². The highest BCUT2D eigenvalue weighted by Crippen LogP contribution is 2.24. The molecule has 2 heterocycles. The minimum Gasteiger partial charge on any atom is -0.444 e. The molecule has 1 fully saturated rings. The predicted molar refractivity (Wildman–Crippen MR) is 116 cm³/mol. The Bertz CT molecular complexity index is 925. The van der Waals surface area contributed by atoms with Gasteiger partial charge < -0.3 is 14.6 Å². The third-order valence-corrected chi connectivity index (χ3v) is 5.24. The summed E-state index contributed by atoms with van der Waals surface area (Å²) in [5.41, 5.74) is 4.06. The van der Waals surface area contributed by atoms with Crippen LogP contribution in [0.1, 0.15) is 29.8 Å². The second kappa shape index (κ2) is 9.72. The average Bonchev–Trinajstić information content (AvgIpc) is 3.23. The maximum atomic E-state index is 13.0. The van der Waals surface area contributed by atoms with E-state index in [4.69, 9.17) is 4.42 Å². The van der Waals surface area contributed by atoms with Crippen LogP contribution in [0.3, 0.4) is 0 Å². The maximum absolute atomic E-state index is 13.0. The van der Waals surface area contributed by atoms with E-state index in [0.29, 0.717) is 18.1 Å². The van der Waals surface area contributed by atoms with E-state index in [9.17, 15) is 4.79 Å². The highest BCUT2D eigenvalue weighted by molar-refractivity contribution is 5.85. The number of amides is 1. The highest BCUT2D eigenvalue weighted by atomic mass is 35.5. The first-order valence-corrected chi connectivity index (χ1v) is 9.83. The van der Waals surface area contributed by atoms with Gasteiger partial charge in [-0.2, -0.15) is 0 Å². The summed E-state index contributed by atoms with van der Waals surface area (Å²) in [5.74, 6) is 0.634. The number of hydrogen-bond donors (Lipinski definition) is 1. The zero-order valence-electron chi connectivity index (χ0n) is 16.5. The topological polar surface area (TPSA) is 58.4 Å². The largest absolute Gasteiger partial charge is 0.444 e. The second-order valence-corrected chi connectivity index (χ2v) is 7.09. The summed E-state index contributed by atoms with van der Waals surface area (Å²) in [7, 11) is 0. The van der Waals surface area contributed by atoms with Crippen LogP contribution in [-0.2, 0) is 17.6 Å². The Morgan fingerprint density at radius 1 is 1.17 bits per heavy atom. The molecule has 5 nitrogen and oxygen atoms in total. The summed E-state index contributed by atoms with van der Waals surface area (Å²) >= 11 is 0. The Morgan fingerprint density at radius 2 is 1.93 bits per heavy atom. The Kier molecular flexibility index (Phi) is 7.07. The van der Waals surface area contributed by atoms with E-state index in [0.717, 1.165) is 25.1 Å². The van der Waals surface area contributed by atoms with Crippen LogP contribution in [-0.4, -0.2) is 35.4 Å².